The van der Waals surface area contributed by atoms with Crippen molar-refractivity contribution in [3.05, 3.63) is 23.3 Å². The Bertz CT molecular complexity index is 669. The van der Waals surface area contributed by atoms with Gasteiger partial charge in [-0.3, -0.25) is 0 Å². The summed E-state index contributed by atoms with van der Waals surface area (Å²) in [7, 11) is 0. The molecular formula is C11H11N5S. The number of thiophene rings is 1. The van der Waals surface area contributed by atoms with Gasteiger partial charge in [0.05, 0.1) is 4.88 Å². The number of hydrogen-bond donors (Lipinski definition) is 2. The Morgan fingerprint density at radius 1 is 1.41 bits per heavy atom. The van der Waals surface area contributed by atoms with E-state index in [1.165, 1.54) is 11.9 Å². The largest absolute Gasteiger partial charge is 0.382 e. The lowest BCUT2D eigenvalue weighted by molar-refractivity contribution is 1.15. The Balaban J connectivity index is 2.22. The average molecular weight is 245 g/mol. The predicted octanol–water partition coefficient (Wildman–Crippen LogP) is 2.23. The highest BCUT2D eigenvalue weighted by atomic mass is 32.1. The van der Waals surface area contributed by atoms with E-state index in [-0.39, 0.29) is 0 Å². The summed E-state index contributed by atoms with van der Waals surface area (Å²) in [6.45, 7) is 2.13. The third-order valence-corrected chi connectivity index (χ3v) is 3.62. The van der Waals surface area contributed by atoms with Gasteiger partial charge in [0.25, 0.3) is 0 Å². The summed E-state index contributed by atoms with van der Waals surface area (Å²) in [5.41, 5.74) is 8.37. The molecule has 17 heavy (non-hydrogen) atoms. The third-order valence-electron chi connectivity index (χ3n) is 2.66. The molecule has 0 saturated heterocycles. The van der Waals surface area contributed by atoms with Gasteiger partial charge in [0, 0.05) is 0 Å². The quantitative estimate of drug-likeness (QED) is 0.725. The zero-order chi connectivity index (χ0) is 11.8. The zero-order valence-electron chi connectivity index (χ0n) is 9.27. The van der Waals surface area contributed by atoms with Crippen LogP contribution in [0.4, 0.5) is 5.82 Å². The third kappa shape index (κ3) is 1.57. The summed E-state index contributed by atoms with van der Waals surface area (Å²) in [5.74, 6) is 1.25. The summed E-state index contributed by atoms with van der Waals surface area (Å²) in [6, 6.07) is 2.11. The molecular weight excluding hydrogens is 234 g/mol. The number of fused-ring (bicyclic) bond motifs is 1. The van der Waals surface area contributed by atoms with Crippen molar-refractivity contribution in [2.45, 2.75) is 13.3 Å². The first kappa shape index (κ1) is 10.2. The van der Waals surface area contributed by atoms with Crippen LogP contribution in [-0.2, 0) is 6.42 Å². The van der Waals surface area contributed by atoms with Gasteiger partial charge in [-0.05, 0) is 23.4 Å². The number of nitrogens with one attached hydrogen (secondary N) is 1. The number of nitrogen functional groups attached to an aromatic ring is 1. The molecule has 3 rings (SSSR count). The second-order valence-corrected chi connectivity index (χ2v) is 4.59. The van der Waals surface area contributed by atoms with E-state index in [2.05, 4.69) is 38.3 Å². The highest BCUT2D eigenvalue weighted by Crippen LogP contribution is 2.29. The van der Waals surface area contributed by atoms with Crippen molar-refractivity contribution in [3.63, 3.8) is 0 Å². The number of aryl methyl sites for hydroxylation is 1. The molecule has 0 bridgehead atoms. The highest BCUT2D eigenvalue weighted by molar-refractivity contribution is 7.13. The Labute approximate surface area is 102 Å². The van der Waals surface area contributed by atoms with Crippen LogP contribution in [0.3, 0.4) is 0 Å². The molecule has 3 aromatic rings. The Hall–Kier alpha value is -1.95. The van der Waals surface area contributed by atoms with Crippen molar-refractivity contribution < 1.29 is 0 Å². The SMILES string of the molecule is CCc1ccsc1-c1nc2ncnc(N)c2[nH]1. The maximum atomic E-state index is 5.77. The van der Waals surface area contributed by atoms with Crippen LogP contribution in [0, 0.1) is 0 Å². The van der Waals surface area contributed by atoms with Gasteiger partial charge in [-0.1, -0.05) is 6.92 Å². The van der Waals surface area contributed by atoms with Crippen molar-refractivity contribution in [2.75, 3.05) is 5.73 Å². The first-order valence-corrected chi connectivity index (χ1v) is 6.20. The summed E-state index contributed by atoms with van der Waals surface area (Å²) in [6.07, 6.45) is 2.41. The van der Waals surface area contributed by atoms with Crippen molar-refractivity contribution in [1.82, 2.24) is 19.9 Å². The van der Waals surface area contributed by atoms with Crippen molar-refractivity contribution in [3.8, 4) is 10.7 Å². The Kier molecular flexibility index (Phi) is 2.29. The van der Waals surface area contributed by atoms with E-state index in [0.717, 1.165) is 17.1 Å². The van der Waals surface area contributed by atoms with E-state index in [1.54, 1.807) is 11.3 Å². The van der Waals surface area contributed by atoms with E-state index in [0.29, 0.717) is 17.0 Å². The summed E-state index contributed by atoms with van der Waals surface area (Å²) < 4.78 is 0. The van der Waals surface area contributed by atoms with E-state index >= 15 is 0 Å². The molecule has 0 aliphatic carbocycles. The number of nitrogens with two attached hydrogens (primary N) is 1. The number of nitrogens with zero attached hydrogens (tertiary/aromatic N) is 3. The zero-order valence-corrected chi connectivity index (χ0v) is 10.1. The minimum absolute atomic E-state index is 0.434. The van der Waals surface area contributed by atoms with Gasteiger partial charge in [-0.2, -0.15) is 0 Å². The minimum Gasteiger partial charge on any atom is -0.382 e. The topological polar surface area (TPSA) is 80.5 Å². The molecule has 6 heteroatoms. The van der Waals surface area contributed by atoms with Crippen LogP contribution in [0.2, 0.25) is 0 Å². The second kappa shape index (κ2) is 3.81. The van der Waals surface area contributed by atoms with Gasteiger partial charge in [0.2, 0.25) is 0 Å². The van der Waals surface area contributed by atoms with E-state index in [4.69, 9.17) is 5.73 Å². The lowest BCUT2D eigenvalue weighted by Crippen LogP contribution is -1.91. The number of anilines is 1. The molecule has 0 atom stereocenters. The fourth-order valence-corrected chi connectivity index (χ4v) is 2.72. The van der Waals surface area contributed by atoms with Crippen LogP contribution in [0.1, 0.15) is 12.5 Å². The fourth-order valence-electron chi connectivity index (χ4n) is 1.78. The van der Waals surface area contributed by atoms with Crippen LogP contribution in [0.5, 0.6) is 0 Å². The Morgan fingerprint density at radius 3 is 3.06 bits per heavy atom. The number of aromatic amines is 1. The van der Waals surface area contributed by atoms with E-state index < -0.39 is 0 Å². The molecule has 86 valence electrons. The monoisotopic (exact) mass is 245 g/mol. The first-order valence-electron chi connectivity index (χ1n) is 5.32. The van der Waals surface area contributed by atoms with Gasteiger partial charge in [0.1, 0.15) is 11.8 Å². The number of H-pyrrole nitrogens is 1. The molecule has 0 aliphatic rings. The minimum atomic E-state index is 0.434. The van der Waals surface area contributed by atoms with Crippen LogP contribution >= 0.6 is 11.3 Å². The highest BCUT2D eigenvalue weighted by Gasteiger charge is 2.12. The molecule has 0 aliphatic heterocycles. The molecule has 0 aromatic carbocycles. The van der Waals surface area contributed by atoms with Crippen molar-refractivity contribution in [1.29, 1.82) is 0 Å². The number of hydrogen-bond acceptors (Lipinski definition) is 5. The van der Waals surface area contributed by atoms with Crippen LogP contribution in [-0.4, -0.2) is 19.9 Å². The average Bonchev–Trinajstić information content (AvgIpc) is 2.94. The summed E-state index contributed by atoms with van der Waals surface area (Å²) in [4.78, 5) is 16.8. The lowest BCUT2D eigenvalue weighted by atomic mass is 10.2. The smallest absolute Gasteiger partial charge is 0.183 e. The van der Waals surface area contributed by atoms with Gasteiger partial charge in [-0.15, -0.1) is 11.3 Å². The van der Waals surface area contributed by atoms with Crippen LogP contribution in [0.25, 0.3) is 21.9 Å². The summed E-state index contributed by atoms with van der Waals surface area (Å²) >= 11 is 1.67. The van der Waals surface area contributed by atoms with E-state index in [9.17, 15) is 0 Å². The molecule has 0 unspecified atom stereocenters. The molecule has 5 nitrogen and oxygen atoms in total. The maximum absolute atomic E-state index is 5.77. The molecule has 0 spiro atoms. The molecule has 3 heterocycles. The summed E-state index contributed by atoms with van der Waals surface area (Å²) in [5, 5.41) is 2.07. The first-order chi connectivity index (χ1) is 8.29. The second-order valence-electron chi connectivity index (χ2n) is 3.67. The lowest BCUT2D eigenvalue weighted by Gasteiger charge is -1.95. The van der Waals surface area contributed by atoms with Crippen molar-refractivity contribution >= 4 is 28.3 Å². The normalized spacial score (nSPS) is 11.1. The van der Waals surface area contributed by atoms with Crippen molar-refractivity contribution in [2.24, 2.45) is 0 Å². The van der Waals surface area contributed by atoms with Crippen LogP contribution in [0.15, 0.2) is 17.8 Å². The Morgan fingerprint density at radius 2 is 2.29 bits per heavy atom. The predicted molar refractivity (Wildman–Crippen MR) is 68.8 cm³/mol. The maximum Gasteiger partial charge on any atom is 0.183 e. The van der Waals surface area contributed by atoms with Crippen LogP contribution < -0.4 is 5.73 Å². The molecule has 3 aromatic heterocycles. The molecule has 0 radical (unpaired) electrons. The molecule has 3 N–H and O–H groups in total. The number of rotatable bonds is 2. The number of aromatic nitrogens is 4. The van der Waals surface area contributed by atoms with Gasteiger partial charge in [-0.25, -0.2) is 15.0 Å². The fraction of sp³-hybridized carbons (Fsp3) is 0.182. The number of imidazole rings is 1. The van der Waals surface area contributed by atoms with Gasteiger partial charge in [0.15, 0.2) is 17.3 Å². The molecule has 0 fully saturated rings. The van der Waals surface area contributed by atoms with Gasteiger partial charge >= 0.3 is 0 Å². The standard InChI is InChI=1S/C11H11N5S/c1-2-6-3-4-17-8(6)11-15-7-9(12)13-5-14-10(7)16-11/h3-5H,2H2,1H3,(H3,12,13,14,15,16). The molecule has 0 saturated carbocycles. The van der Waals surface area contributed by atoms with E-state index in [1.807, 2.05) is 0 Å². The molecule has 0 amide bonds. The van der Waals surface area contributed by atoms with Gasteiger partial charge < -0.3 is 10.7 Å².